The van der Waals surface area contributed by atoms with Gasteiger partial charge < -0.3 is 15.2 Å². The van der Waals surface area contributed by atoms with Crippen molar-refractivity contribution < 1.29 is 32.6 Å². The summed E-state index contributed by atoms with van der Waals surface area (Å²) in [6.45, 7) is 7.25. The Bertz CT molecular complexity index is 1130. The summed E-state index contributed by atoms with van der Waals surface area (Å²) < 4.78 is 31.8. The zero-order valence-corrected chi connectivity index (χ0v) is 19.3. The van der Waals surface area contributed by atoms with Crippen molar-refractivity contribution >= 4 is 33.7 Å². The van der Waals surface area contributed by atoms with Crippen molar-refractivity contribution in [3.63, 3.8) is 0 Å². The Morgan fingerprint density at radius 2 is 1.62 bits per heavy atom. The number of nitrogens with one attached hydrogen (secondary N) is 1. The molecule has 0 atom stereocenters. The number of anilines is 1. The standard InChI is InChI=1S/C22H26N2O7S/c1-14-6-9-17(10-7-14)32(29,30)24(21(28)31-22(3,4)5)13-19(25)23-16-8-11-18(20(26)27)15(2)12-16/h6-12H,13H2,1-5H3,(H,23,25)(H,26,27). The van der Waals surface area contributed by atoms with Gasteiger partial charge in [-0.05, 0) is 70.5 Å². The molecule has 10 heteroatoms. The minimum absolute atomic E-state index is 0.0697. The van der Waals surface area contributed by atoms with Gasteiger partial charge in [-0.3, -0.25) is 4.79 Å². The van der Waals surface area contributed by atoms with E-state index < -0.39 is 40.1 Å². The number of hydrogen-bond donors (Lipinski definition) is 2. The largest absolute Gasteiger partial charge is 0.478 e. The minimum Gasteiger partial charge on any atom is -0.478 e. The highest BCUT2D eigenvalue weighted by Crippen LogP contribution is 2.21. The van der Waals surface area contributed by atoms with Crippen LogP contribution in [0, 0.1) is 13.8 Å². The molecule has 0 fully saturated rings. The van der Waals surface area contributed by atoms with Crippen LogP contribution in [0.1, 0.15) is 42.3 Å². The molecule has 0 saturated carbocycles. The predicted octanol–water partition coefficient (Wildman–Crippen LogP) is 3.57. The van der Waals surface area contributed by atoms with E-state index in [9.17, 15) is 22.8 Å². The molecule has 0 aromatic heterocycles. The van der Waals surface area contributed by atoms with E-state index in [1.807, 2.05) is 0 Å². The first-order valence-electron chi connectivity index (χ1n) is 9.67. The van der Waals surface area contributed by atoms with Crippen LogP contribution in [-0.2, 0) is 19.6 Å². The number of amides is 2. The number of carboxylic acids is 1. The van der Waals surface area contributed by atoms with Crippen molar-refractivity contribution in [2.24, 2.45) is 0 Å². The van der Waals surface area contributed by atoms with Gasteiger partial charge in [-0.1, -0.05) is 17.7 Å². The molecule has 2 amide bonds. The predicted molar refractivity (Wildman–Crippen MR) is 118 cm³/mol. The third-order valence-electron chi connectivity index (χ3n) is 4.23. The van der Waals surface area contributed by atoms with Crippen molar-refractivity contribution in [2.75, 3.05) is 11.9 Å². The van der Waals surface area contributed by atoms with Gasteiger partial charge in [-0.2, -0.15) is 4.31 Å². The fraction of sp³-hybridized carbons (Fsp3) is 0.318. The summed E-state index contributed by atoms with van der Waals surface area (Å²) in [5.41, 5.74) is 0.574. The first-order valence-corrected chi connectivity index (χ1v) is 11.1. The average molecular weight is 463 g/mol. The molecule has 0 spiro atoms. The minimum atomic E-state index is -4.38. The van der Waals surface area contributed by atoms with E-state index in [-0.39, 0.29) is 16.1 Å². The van der Waals surface area contributed by atoms with Gasteiger partial charge in [0.2, 0.25) is 5.91 Å². The fourth-order valence-corrected chi connectivity index (χ4v) is 3.97. The van der Waals surface area contributed by atoms with Crippen molar-refractivity contribution in [2.45, 2.75) is 45.1 Å². The number of rotatable bonds is 6. The topological polar surface area (TPSA) is 130 Å². The molecule has 0 unspecified atom stereocenters. The Hall–Kier alpha value is -3.40. The van der Waals surface area contributed by atoms with Crippen molar-refractivity contribution in [3.8, 4) is 0 Å². The quantitative estimate of drug-likeness (QED) is 0.671. The number of hydrogen-bond acceptors (Lipinski definition) is 6. The van der Waals surface area contributed by atoms with Crippen LogP contribution in [0.15, 0.2) is 47.4 Å². The Labute approximate surface area is 187 Å². The molecule has 172 valence electrons. The van der Waals surface area contributed by atoms with Gasteiger partial charge in [0.05, 0.1) is 10.5 Å². The van der Waals surface area contributed by atoms with Crippen LogP contribution in [-0.4, -0.2) is 47.9 Å². The zero-order valence-electron chi connectivity index (χ0n) is 18.5. The van der Waals surface area contributed by atoms with Crippen molar-refractivity contribution in [1.82, 2.24) is 4.31 Å². The van der Waals surface area contributed by atoms with Crippen LogP contribution in [0.4, 0.5) is 10.5 Å². The van der Waals surface area contributed by atoms with Gasteiger partial charge in [0.25, 0.3) is 10.0 Å². The van der Waals surface area contributed by atoms with Crippen LogP contribution in [0.2, 0.25) is 0 Å². The van der Waals surface area contributed by atoms with Gasteiger partial charge in [-0.25, -0.2) is 18.0 Å². The molecule has 2 N–H and O–H groups in total. The van der Waals surface area contributed by atoms with Crippen LogP contribution in [0.25, 0.3) is 0 Å². The average Bonchev–Trinajstić information content (AvgIpc) is 2.64. The maximum absolute atomic E-state index is 13.1. The summed E-state index contributed by atoms with van der Waals surface area (Å²) in [5, 5.41) is 11.6. The molecule has 0 radical (unpaired) electrons. The van der Waals surface area contributed by atoms with Crippen LogP contribution < -0.4 is 5.32 Å². The third-order valence-corrected chi connectivity index (χ3v) is 5.96. The summed E-state index contributed by atoms with van der Waals surface area (Å²) >= 11 is 0. The highest BCUT2D eigenvalue weighted by molar-refractivity contribution is 7.89. The molecule has 0 aliphatic carbocycles. The molecule has 32 heavy (non-hydrogen) atoms. The van der Waals surface area contributed by atoms with Crippen molar-refractivity contribution in [3.05, 3.63) is 59.2 Å². The lowest BCUT2D eigenvalue weighted by atomic mass is 10.1. The van der Waals surface area contributed by atoms with E-state index in [4.69, 9.17) is 9.84 Å². The molecule has 2 aromatic carbocycles. The van der Waals surface area contributed by atoms with Crippen LogP contribution in [0.5, 0.6) is 0 Å². The van der Waals surface area contributed by atoms with Gasteiger partial charge in [0.1, 0.15) is 12.1 Å². The Morgan fingerprint density at radius 1 is 1.03 bits per heavy atom. The van der Waals surface area contributed by atoms with Gasteiger partial charge in [-0.15, -0.1) is 0 Å². The van der Waals surface area contributed by atoms with E-state index in [1.54, 1.807) is 46.8 Å². The molecule has 0 bridgehead atoms. The van der Waals surface area contributed by atoms with Gasteiger partial charge >= 0.3 is 12.1 Å². The molecule has 2 aromatic rings. The van der Waals surface area contributed by atoms with E-state index in [0.29, 0.717) is 9.87 Å². The van der Waals surface area contributed by atoms with Crippen LogP contribution in [0.3, 0.4) is 0 Å². The lowest BCUT2D eigenvalue weighted by molar-refractivity contribution is -0.116. The molecule has 2 rings (SSSR count). The Kier molecular flexibility index (Phi) is 7.30. The summed E-state index contributed by atoms with van der Waals surface area (Å²) in [6.07, 6.45) is -1.19. The second-order valence-corrected chi connectivity index (χ2v) is 10.1. The Morgan fingerprint density at radius 3 is 2.12 bits per heavy atom. The van der Waals surface area contributed by atoms with E-state index >= 15 is 0 Å². The van der Waals surface area contributed by atoms with Crippen LogP contribution >= 0.6 is 0 Å². The maximum Gasteiger partial charge on any atom is 0.424 e. The first-order chi connectivity index (χ1) is 14.7. The number of sulfonamides is 1. The van der Waals surface area contributed by atoms with E-state index in [0.717, 1.165) is 5.56 Å². The number of carbonyl (C=O) groups is 3. The number of aryl methyl sites for hydroxylation is 2. The number of carboxylic acid groups (broad SMARTS) is 1. The second-order valence-electron chi connectivity index (χ2n) is 8.19. The normalized spacial score (nSPS) is 11.5. The summed E-state index contributed by atoms with van der Waals surface area (Å²) in [4.78, 5) is 36.3. The summed E-state index contributed by atoms with van der Waals surface area (Å²) in [6, 6.07) is 9.97. The fourth-order valence-electron chi connectivity index (χ4n) is 2.71. The molecule has 0 aliphatic heterocycles. The molecule has 0 heterocycles. The maximum atomic E-state index is 13.1. The number of carbonyl (C=O) groups excluding carboxylic acids is 2. The number of aromatic carboxylic acids is 1. The summed E-state index contributed by atoms with van der Waals surface area (Å²) in [5.74, 6) is -1.91. The zero-order chi connectivity index (χ0) is 24.3. The molecular formula is C22H26N2O7S. The van der Waals surface area contributed by atoms with E-state index in [1.165, 1.54) is 30.3 Å². The molecule has 9 nitrogen and oxygen atoms in total. The number of benzene rings is 2. The third kappa shape index (κ3) is 6.30. The highest BCUT2D eigenvalue weighted by Gasteiger charge is 2.34. The molecular weight excluding hydrogens is 436 g/mol. The summed E-state index contributed by atoms with van der Waals surface area (Å²) in [7, 11) is -4.38. The monoisotopic (exact) mass is 462 g/mol. The lowest BCUT2D eigenvalue weighted by Gasteiger charge is -2.26. The van der Waals surface area contributed by atoms with E-state index in [2.05, 4.69) is 5.32 Å². The molecule has 0 saturated heterocycles. The van der Waals surface area contributed by atoms with Gasteiger partial charge in [0, 0.05) is 5.69 Å². The first kappa shape index (κ1) is 24.9. The second kappa shape index (κ2) is 9.39. The smallest absolute Gasteiger partial charge is 0.424 e. The number of nitrogens with zero attached hydrogens (tertiary/aromatic N) is 1. The Balaban J connectivity index is 2.33. The SMILES string of the molecule is Cc1ccc(S(=O)(=O)N(CC(=O)Nc2ccc(C(=O)O)c(C)c2)C(=O)OC(C)(C)C)cc1. The van der Waals surface area contributed by atoms with Crippen molar-refractivity contribution in [1.29, 1.82) is 0 Å². The molecule has 0 aliphatic rings. The number of ether oxygens (including phenoxy) is 1. The highest BCUT2D eigenvalue weighted by atomic mass is 32.2. The van der Waals surface area contributed by atoms with Gasteiger partial charge in [0.15, 0.2) is 0 Å². The lowest BCUT2D eigenvalue weighted by Crippen LogP contribution is -2.44.